The van der Waals surface area contributed by atoms with E-state index in [-0.39, 0.29) is 24.3 Å². The molecule has 1 saturated heterocycles. The van der Waals surface area contributed by atoms with E-state index in [1.54, 1.807) is 49.6 Å². The van der Waals surface area contributed by atoms with Crippen LogP contribution in [0.2, 0.25) is 5.02 Å². The standard InChI is InChI=1S/C26H21BrClNO5S/c1-32-22-8-4-5-18(24(22)34-16-17-9-11-19(27)12-10-17)15-23-25(30)29(26(31)35-23)13-14-33-21-7-3-2-6-20(21)28/h2-12,15H,13-14,16H2,1H3/b23-15-. The maximum Gasteiger partial charge on any atom is 0.293 e. The molecular weight excluding hydrogens is 554 g/mol. The second kappa shape index (κ2) is 11.7. The van der Waals surface area contributed by atoms with Crippen molar-refractivity contribution in [3.63, 3.8) is 0 Å². The molecule has 0 saturated carbocycles. The summed E-state index contributed by atoms with van der Waals surface area (Å²) < 4.78 is 18.2. The molecule has 6 nitrogen and oxygen atoms in total. The molecule has 2 amide bonds. The van der Waals surface area contributed by atoms with Crippen LogP contribution in [0.25, 0.3) is 6.08 Å². The van der Waals surface area contributed by atoms with Crippen molar-refractivity contribution in [2.75, 3.05) is 20.3 Å². The zero-order valence-corrected chi connectivity index (χ0v) is 21.9. The number of hydrogen-bond acceptors (Lipinski definition) is 6. The Hall–Kier alpha value is -2.94. The van der Waals surface area contributed by atoms with Crippen LogP contribution in [0.3, 0.4) is 0 Å². The molecule has 0 aromatic heterocycles. The van der Waals surface area contributed by atoms with Gasteiger partial charge in [0, 0.05) is 10.0 Å². The molecule has 4 rings (SSSR count). The molecule has 0 N–H and O–H groups in total. The van der Waals surface area contributed by atoms with Crippen molar-refractivity contribution in [2.45, 2.75) is 6.61 Å². The number of imide groups is 1. The molecule has 3 aromatic carbocycles. The third-order valence-corrected chi connectivity index (χ3v) is 6.84. The first-order chi connectivity index (χ1) is 17.0. The first-order valence-corrected chi connectivity index (χ1v) is 12.6. The van der Waals surface area contributed by atoms with E-state index in [1.807, 2.05) is 30.3 Å². The van der Waals surface area contributed by atoms with Gasteiger partial charge in [0.25, 0.3) is 11.1 Å². The maximum atomic E-state index is 13.0. The molecule has 0 aliphatic carbocycles. The second-order valence-corrected chi connectivity index (χ2v) is 9.72. The van der Waals surface area contributed by atoms with Gasteiger partial charge in [-0.15, -0.1) is 0 Å². The predicted octanol–water partition coefficient (Wildman–Crippen LogP) is 6.81. The van der Waals surface area contributed by atoms with Crippen LogP contribution in [0, 0.1) is 0 Å². The van der Waals surface area contributed by atoms with Gasteiger partial charge in [0.1, 0.15) is 19.0 Å². The van der Waals surface area contributed by atoms with Gasteiger partial charge in [0.2, 0.25) is 0 Å². The molecule has 3 aromatic rings. The van der Waals surface area contributed by atoms with Gasteiger partial charge in [-0.3, -0.25) is 14.5 Å². The summed E-state index contributed by atoms with van der Waals surface area (Å²) in [4.78, 5) is 27.0. The summed E-state index contributed by atoms with van der Waals surface area (Å²) in [6.45, 7) is 0.559. The number of carbonyl (C=O) groups is 2. The van der Waals surface area contributed by atoms with Gasteiger partial charge in [-0.05, 0) is 53.7 Å². The summed E-state index contributed by atoms with van der Waals surface area (Å²) in [5.41, 5.74) is 1.61. The highest BCUT2D eigenvalue weighted by Crippen LogP contribution is 2.37. The van der Waals surface area contributed by atoms with Crippen molar-refractivity contribution in [3.05, 3.63) is 92.3 Å². The molecule has 1 aliphatic heterocycles. The zero-order chi connectivity index (χ0) is 24.8. The third-order valence-electron chi connectivity index (χ3n) is 5.10. The maximum absolute atomic E-state index is 13.0. The van der Waals surface area contributed by atoms with Crippen LogP contribution in [0.4, 0.5) is 4.79 Å². The van der Waals surface area contributed by atoms with Crippen molar-refractivity contribution in [3.8, 4) is 17.2 Å². The lowest BCUT2D eigenvalue weighted by Gasteiger charge is -2.14. The average Bonchev–Trinajstić information content (AvgIpc) is 3.12. The molecular formula is C26H21BrClNO5S. The zero-order valence-electron chi connectivity index (χ0n) is 18.7. The number of thioether (sulfide) groups is 1. The Morgan fingerprint density at radius 1 is 0.971 bits per heavy atom. The van der Waals surface area contributed by atoms with E-state index in [0.717, 1.165) is 26.7 Å². The lowest BCUT2D eigenvalue weighted by Crippen LogP contribution is -2.32. The van der Waals surface area contributed by atoms with Gasteiger partial charge in [0.05, 0.1) is 23.6 Å². The number of benzene rings is 3. The fraction of sp³-hybridized carbons (Fsp3) is 0.154. The minimum absolute atomic E-state index is 0.109. The highest BCUT2D eigenvalue weighted by Gasteiger charge is 2.35. The van der Waals surface area contributed by atoms with Crippen molar-refractivity contribution >= 4 is 56.5 Å². The van der Waals surface area contributed by atoms with E-state index in [2.05, 4.69) is 15.9 Å². The van der Waals surface area contributed by atoms with Crippen molar-refractivity contribution in [1.82, 2.24) is 4.90 Å². The number of halogens is 2. The van der Waals surface area contributed by atoms with Gasteiger partial charge >= 0.3 is 0 Å². The number of carbonyl (C=O) groups excluding carboxylic acids is 2. The van der Waals surface area contributed by atoms with Crippen LogP contribution >= 0.6 is 39.3 Å². The molecule has 1 fully saturated rings. The van der Waals surface area contributed by atoms with Crippen molar-refractivity contribution in [1.29, 1.82) is 0 Å². The molecule has 1 heterocycles. The monoisotopic (exact) mass is 573 g/mol. The molecule has 0 unspecified atom stereocenters. The predicted molar refractivity (Wildman–Crippen MR) is 141 cm³/mol. The quantitative estimate of drug-likeness (QED) is 0.262. The molecule has 0 atom stereocenters. The van der Waals surface area contributed by atoms with E-state index in [9.17, 15) is 9.59 Å². The highest BCUT2D eigenvalue weighted by atomic mass is 79.9. The number of ether oxygens (including phenoxy) is 3. The molecule has 1 aliphatic rings. The Balaban J connectivity index is 1.48. The Bertz CT molecular complexity index is 1260. The van der Waals surface area contributed by atoms with Crippen LogP contribution in [0.1, 0.15) is 11.1 Å². The first kappa shape index (κ1) is 25.2. The minimum Gasteiger partial charge on any atom is -0.493 e. The topological polar surface area (TPSA) is 65.1 Å². The number of rotatable bonds is 9. The van der Waals surface area contributed by atoms with Crippen LogP contribution in [0.15, 0.2) is 76.1 Å². The van der Waals surface area contributed by atoms with Gasteiger partial charge in [-0.2, -0.15) is 0 Å². The highest BCUT2D eigenvalue weighted by molar-refractivity contribution is 9.10. The third kappa shape index (κ3) is 6.20. The van der Waals surface area contributed by atoms with Gasteiger partial charge in [-0.25, -0.2) is 0 Å². The second-order valence-electron chi connectivity index (χ2n) is 7.41. The van der Waals surface area contributed by atoms with Crippen molar-refractivity contribution < 1.29 is 23.8 Å². The van der Waals surface area contributed by atoms with E-state index >= 15 is 0 Å². The summed E-state index contributed by atoms with van der Waals surface area (Å²) in [6.07, 6.45) is 1.65. The number of methoxy groups -OCH3 is 1. The Morgan fingerprint density at radius 3 is 2.46 bits per heavy atom. The van der Waals surface area contributed by atoms with E-state index < -0.39 is 0 Å². The average molecular weight is 575 g/mol. The molecule has 0 spiro atoms. The van der Waals surface area contributed by atoms with Crippen LogP contribution in [-0.4, -0.2) is 36.3 Å². The van der Waals surface area contributed by atoms with Crippen LogP contribution in [-0.2, 0) is 11.4 Å². The Labute approximate surface area is 220 Å². The van der Waals surface area contributed by atoms with Crippen LogP contribution < -0.4 is 14.2 Å². The summed E-state index contributed by atoms with van der Waals surface area (Å²) >= 11 is 10.4. The normalized spacial score (nSPS) is 14.5. The number of amides is 2. The molecule has 9 heteroatoms. The Kier molecular flexibility index (Phi) is 8.38. The molecule has 35 heavy (non-hydrogen) atoms. The molecule has 180 valence electrons. The Morgan fingerprint density at radius 2 is 1.71 bits per heavy atom. The fourth-order valence-corrected chi connectivity index (χ4v) is 4.65. The van der Waals surface area contributed by atoms with E-state index in [1.165, 1.54) is 0 Å². The summed E-state index contributed by atoms with van der Waals surface area (Å²) in [5, 5.41) is 0.111. The van der Waals surface area contributed by atoms with Gasteiger partial charge in [-0.1, -0.05) is 63.9 Å². The smallest absolute Gasteiger partial charge is 0.293 e. The summed E-state index contributed by atoms with van der Waals surface area (Å²) in [5.74, 6) is 1.14. The lowest BCUT2D eigenvalue weighted by molar-refractivity contribution is -0.123. The van der Waals surface area contributed by atoms with Crippen LogP contribution in [0.5, 0.6) is 17.2 Å². The number of hydrogen-bond donors (Lipinski definition) is 0. The summed E-state index contributed by atoms with van der Waals surface area (Å²) in [6, 6.07) is 20.2. The SMILES string of the molecule is COc1cccc(/C=C2\SC(=O)N(CCOc3ccccc3Cl)C2=O)c1OCc1ccc(Br)cc1. The molecule has 0 bridgehead atoms. The van der Waals surface area contributed by atoms with Crippen molar-refractivity contribution in [2.24, 2.45) is 0 Å². The summed E-state index contributed by atoms with van der Waals surface area (Å²) in [7, 11) is 1.55. The van der Waals surface area contributed by atoms with Gasteiger partial charge in [0.15, 0.2) is 11.5 Å². The first-order valence-electron chi connectivity index (χ1n) is 10.6. The number of nitrogens with zero attached hydrogens (tertiary/aromatic N) is 1. The number of para-hydroxylation sites is 2. The lowest BCUT2D eigenvalue weighted by atomic mass is 10.1. The van der Waals surface area contributed by atoms with E-state index in [4.69, 9.17) is 25.8 Å². The fourth-order valence-electron chi connectivity index (χ4n) is 3.34. The molecule has 0 radical (unpaired) electrons. The van der Waals surface area contributed by atoms with Gasteiger partial charge < -0.3 is 14.2 Å². The largest absolute Gasteiger partial charge is 0.493 e. The minimum atomic E-state index is -0.385. The van der Waals surface area contributed by atoms with E-state index in [0.29, 0.717) is 39.3 Å².